The number of carbonyl (C=O) groups is 4. The highest BCUT2D eigenvalue weighted by Gasteiger charge is 2.30. The first-order chi connectivity index (χ1) is 16.5. The van der Waals surface area contributed by atoms with Crippen LogP contribution in [0.2, 0.25) is 0 Å². The van der Waals surface area contributed by atoms with Crippen molar-refractivity contribution in [2.75, 3.05) is 41.8 Å². The number of ether oxygens (including phenoxy) is 1. The molecule has 2 saturated heterocycles. The van der Waals surface area contributed by atoms with E-state index in [1.807, 2.05) is 24.3 Å². The number of amides is 4. The van der Waals surface area contributed by atoms with Crippen LogP contribution in [0.3, 0.4) is 0 Å². The number of anilines is 3. The Morgan fingerprint density at radius 1 is 0.941 bits per heavy atom. The van der Waals surface area contributed by atoms with Crippen molar-refractivity contribution in [3.8, 4) is 0 Å². The Bertz CT molecular complexity index is 1060. The highest BCUT2D eigenvalue weighted by Crippen LogP contribution is 2.24. The number of para-hydroxylation sites is 1. The minimum atomic E-state index is -0.497. The second-order valence-corrected chi connectivity index (χ2v) is 8.44. The number of nitrogens with one attached hydrogen (secondary N) is 2. The smallest absolute Gasteiger partial charge is 0.321 e. The summed E-state index contributed by atoms with van der Waals surface area (Å²) < 4.78 is 5.24. The van der Waals surface area contributed by atoms with E-state index in [0.717, 1.165) is 12.1 Å². The van der Waals surface area contributed by atoms with Gasteiger partial charge in [0.25, 0.3) is 5.91 Å². The van der Waals surface area contributed by atoms with Crippen LogP contribution in [0, 0.1) is 5.92 Å². The Kier molecular flexibility index (Phi) is 7.41. The summed E-state index contributed by atoms with van der Waals surface area (Å²) in [5.41, 5.74) is 1.94. The summed E-state index contributed by atoms with van der Waals surface area (Å²) in [6.45, 7) is 1.04. The first kappa shape index (κ1) is 23.3. The highest BCUT2D eigenvalue weighted by atomic mass is 16.5. The molecule has 178 valence electrons. The molecular formula is C25H28N4O5. The van der Waals surface area contributed by atoms with Crippen LogP contribution in [0.5, 0.6) is 0 Å². The average Bonchev–Trinajstić information content (AvgIpc) is 3.29. The van der Waals surface area contributed by atoms with Crippen LogP contribution < -0.4 is 15.5 Å². The third-order valence-electron chi connectivity index (χ3n) is 5.93. The third kappa shape index (κ3) is 5.92. The monoisotopic (exact) mass is 464 g/mol. The number of carbonyl (C=O) groups excluding carboxylic acids is 4. The van der Waals surface area contributed by atoms with E-state index in [-0.39, 0.29) is 18.5 Å². The van der Waals surface area contributed by atoms with Gasteiger partial charge in [0, 0.05) is 43.1 Å². The SMILES string of the molecule is O=C(COC(=O)C1CCCN(C(=O)Nc2ccccc2)C1)Nc1cccc(N2CCCC2=O)c1. The zero-order valence-electron chi connectivity index (χ0n) is 18.9. The molecular weight excluding hydrogens is 436 g/mol. The Morgan fingerprint density at radius 2 is 1.74 bits per heavy atom. The van der Waals surface area contributed by atoms with Crippen LogP contribution >= 0.6 is 0 Å². The maximum absolute atomic E-state index is 12.5. The van der Waals surface area contributed by atoms with Gasteiger partial charge in [0.1, 0.15) is 0 Å². The zero-order chi connectivity index (χ0) is 23.9. The molecule has 2 aliphatic rings. The van der Waals surface area contributed by atoms with Crippen LogP contribution in [-0.4, -0.2) is 55.0 Å². The predicted molar refractivity (Wildman–Crippen MR) is 127 cm³/mol. The molecule has 1 atom stereocenters. The van der Waals surface area contributed by atoms with Gasteiger partial charge in [0.15, 0.2) is 6.61 Å². The lowest BCUT2D eigenvalue weighted by Gasteiger charge is -2.31. The maximum atomic E-state index is 12.5. The lowest BCUT2D eigenvalue weighted by molar-refractivity contribution is -0.152. The van der Waals surface area contributed by atoms with Crippen molar-refractivity contribution in [2.24, 2.45) is 5.92 Å². The molecule has 0 saturated carbocycles. The summed E-state index contributed by atoms with van der Waals surface area (Å²) in [6.07, 6.45) is 2.62. The highest BCUT2D eigenvalue weighted by molar-refractivity contribution is 5.97. The van der Waals surface area contributed by atoms with Gasteiger partial charge in [-0.15, -0.1) is 0 Å². The number of likely N-dealkylation sites (tertiary alicyclic amines) is 1. The maximum Gasteiger partial charge on any atom is 0.321 e. The molecule has 0 bridgehead atoms. The Morgan fingerprint density at radius 3 is 2.50 bits per heavy atom. The molecule has 9 heteroatoms. The van der Waals surface area contributed by atoms with Gasteiger partial charge in [0.05, 0.1) is 5.92 Å². The first-order valence-corrected chi connectivity index (χ1v) is 11.5. The number of hydrogen-bond donors (Lipinski definition) is 2. The van der Waals surface area contributed by atoms with Crippen LogP contribution in [0.4, 0.5) is 21.9 Å². The lowest BCUT2D eigenvalue weighted by atomic mass is 9.98. The van der Waals surface area contributed by atoms with Gasteiger partial charge in [0.2, 0.25) is 5.91 Å². The fourth-order valence-electron chi connectivity index (χ4n) is 4.20. The molecule has 9 nitrogen and oxygen atoms in total. The first-order valence-electron chi connectivity index (χ1n) is 11.5. The molecule has 2 aromatic carbocycles. The van der Waals surface area contributed by atoms with E-state index in [1.54, 1.807) is 40.1 Å². The number of benzene rings is 2. The van der Waals surface area contributed by atoms with Crippen LogP contribution in [0.15, 0.2) is 54.6 Å². The van der Waals surface area contributed by atoms with E-state index in [2.05, 4.69) is 10.6 Å². The van der Waals surface area contributed by atoms with Crippen molar-refractivity contribution in [1.82, 2.24) is 4.90 Å². The van der Waals surface area contributed by atoms with Gasteiger partial charge in [-0.25, -0.2) is 4.79 Å². The number of nitrogens with zero attached hydrogens (tertiary/aromatic N) is 2. The summed E-state index contributed by atoms with van der Waals surface area (Å²) >= 11 is 0. The van der Waals surface area contributed by atoms with Crippen molar-refractivity contribution in [3.63, 3.8) is 0 Å². The Hall–Kier alpha value is -3.88. The summed E-state index contributed by atoms with van der Waals surface area (Å²) in [7, 11) is 0. The van der Waals surface area contributed by atoms with Gasteiger partial charge in [-0.1, -0.05) is 24.3 Å². The minimum Gasteiger partial charge on any atom is -0.455 e. The van der Waals surface area contributed by atoms with Crippen LogP contribution in [0.25, 0.3) is 0 Å². The molecule has 0 aliphatic carbocycles. The number of esters is 1. The number of rotatable bonds is 6. The van der Waals surface area contributed by atoms with E-state index in [9.17, 15) is 19.2 Å². The summed E-state index contributed by atoms with van der Waals surface area (Å²) in [4.78, 5) is 52.6. The van der Waals surface area contributed by atoms with Crippen molar-refractivity contribution < 1.29 is 23.9 Å². The second kappa shape index (κ2) is 10.8. The molecule has 0 aromatic heterocycles. The largest absolute Gasteiger partial charge is 0.455 e. The van der Waals surface area contributed by atoms with Gasteiger partial charge < -0.3 is 25.2 Å². The molecule has 2 heterocycles. The molecule has 2 aliphatic heterocycles. The van der Waals surface area contributed by atoms with Gasteiger partial charge in [-0.3, -0.25) is 14.4 Å². The summed E-state index contributed by atoms with van der Waals surface area (Å²) in [5, 5.41) is 5.53. The van der Waals surface area contributed by atoms with E-state index >= 15 is 0 Å². The second-order valence-electron chi connectivity index (χ2n) is 8.44. The fourth-order valence-corrected chi connectivity index (χ4v) is 4.20. The topological polar surface area (TPSA) is 108 Å². The van der Waals surface area contributed by atoms with E-state index in [0.29, 0.717) is 43.7 Å². The third-order valence-corrected chi connectivity index (χ3v) is 5.93. The lowest BCUT2D eigenvalue weighted by Crippen LogP contribution is -2.45. The normalized spacial score (nSPS) is 17.9. The molecule has 0 spiro atoms. The standard InChI is InChI=1S/C25H28N4O5/c30-22(26-20-10-4-11-21(15-20)29-14-6-12-23(29)31)17-34-24(32)18-7-5-13-28(16-18)25(33)27-19-8-2-1-3-9-19/h1-4,8-11,15,18H,5-7,12-14,16-17H2,(H,26,30)(H,27,33). The van der Waals surface area contributed by atoms with E-state index in [1.165, 1.54) is 0 Å². The van der Waals surface area contributed by atoms with E-state index in [4.69, 9.17) is 4.74 Å². The van der Waals surface area contributed by atoms with Crippen molar-refractivity contribution >= 4 is 40.9 Å². The van der Waals surface area contributed by atoms with Crippen molar-refractivity contribution in [3.05, 3.63) is 54.6 Å². The molecule has 1 unspecified atom stereocenters. The Balaban J connectivity index is 1.25. The Labute approximate surface area is 198 Å². The van der Waals surface area contributed by atoms with Crippen LogP contribution in [-0.2, 0) is 19.1 Å². The quantitative estimate of drug-likeness (QED) is 0.638. The minimum absolute atomic E-state index is 0.0661. The number of piperidine rings is 1. The summed E-state index contributed by atoms with van der Waals surface area (Å²) in [5.74, 6) is -1.37. The predicted octanol–water partition coefficient (Wildman–Crippen LogP) is 3.24. The molecule has 34 heavy (non-hydrogen) atoms. The van der Waals surface area contributed by atoms with Crippen LogP contribution in [0.1, 0.15) is 25.7 Å². The molecule has 2 N–H and O–H groups in total. The molecule has 4 amide bonds. The zero-order valence-corrected chi connectivity index (χ0v) is 18.9. The number of hydrogen-bond acceptors (Lipinski definition) is 5. The van der Waals surface area contributed by atoms with Crippen molar-refractivity contribution in [2.45, 2.75) is 25.7 Å². The van der Waals surface area contributed by atoms with Crippen molar-refractivity contribution in [1.29, 1.82) is 0 Å². The van der Waals surface area contributed by atoms with Gasteiger partial charge >= 0.3 is 12.0 Å². The average molecular weight is 465 g/mol. The van der Waals surface area contributed by atoms with Gasteiger partial charge in [-0.2, -0.15) is 0 Å². The molecule has 4 rings (SSSR count). The molecule has 0 radical (unpaired) electrons. The summed E-state index contributed by atoms with van der Waals surface area (Å²) in [6, 6.07) is 15.9. The molecule has 2 fully saturated rings. The fraction of sp³-hybridized carbons (Fsp3) is 0.360. The van der Waals surface area contributed by atoms with Gasteiger partial charge in [-0.05, 0) is 49.6 Å². The molecule has 2 aromatic rings. The van der Waals surface area contributed by atoms with E-state index < -0.39 is 24.4 Å². The number of urea groups is 1.